The lowest BCUT2D eigenvalue weighted by Crippen LogP contribution is -2.21. The van der Waals surface area contributed by atoms with Crippen molar-refractivity contribution >= 4 is 17.7 Å². The molecule has 0 aliphatic heterocycles. The van der Waals surface area contributed by atoms with Gasteiger partial charge in [-0.3, -0.25) is 14.4 Å². The number of carbonyl (C=O) groups is 3. The second-order valence-electron chi connectivity index (χ2n) is 8.97. The summed E-state index contributed by atoms with van der Waals surface area (Å²) in [6.07, 6.45) is 13.9. The number of ether oxygens (including phenoxy) is 1. The third kappa shape index (κ3) is 12.1. The smallest absolute Gasteiger partial charge is 0.306 e. The minimum atomic E-state index is -0.993. The van der Waals surface area contributed by atoms with Crippen LogP contribution in [0.25, 0.3) is 0 Å². The van der Waals surface area contributed by atoms with Gasteiger partial charge >= 0.3 is 11.9 Å². The Morgan fingerprint density at radius 3 is 2.45 bits per heavy atom. The maximum absolute atomic E-state index is 12.2. The van der Waals surface area contributed by atoms with Crippen molar-refractivity contribution in [3.8, 4) is 0 Å². The molecule has 0 saturated heterocycles. The molecule has 0 aromatic heterocycles. The van der Waals surface area contributed by atoms with Gasteiger partial charge < -0.3 is 14.9 Å². The molecule has 1 aliphatic carbocycles. The number of carboxylic acid groups (broad SMARTS) is 1. The molecule has 2 N–H and O–H groups in total. The van der Waals surface area contributed by atoms with Gasteiger partial charge in [-0.25, -0.2) is 0 Å². The van der Waals surface area contributed by atoms with Crippen LogP contribution in [0.4, 0.5) is 0 Å². The van der Waals surface area contributed by atoms with Crippen LogP contribution in [0.5, 0.6) is 0 Å². The van der Waals surface area contributed by atoms with Crippen molar-refractivity contribution in [2.75, 3.05) is 6.61 Å². The first-order chi connectivity index (χ1) is 14.8. The number of hydrogen-bond acceptors (Lipinski definition) is 5. The van der Waals surface area contributed by atoms with Crippen molar-refractivity contribution in [3.05, 3.63) is 12.2 Å². The van der Waals surface area contributed by atoms with Crippen LogP contribution in [0.1, 0.15) is 97.3 Å². The zero-order chi connectivity index (χ0) is 23.1. The maximum Gasteiger partial charge on any atom is 0.306 e. The first kappa shape index (κ1) is 27.3. The van der Waals surface area contributed by atoms with Crippen LogP contribution in [0.3, 0.4) is 0 Å². The Kier molecular flexibility index (Phi) is 14.1. The predicted octanol–water partition coefficient (Wildman–Crippen LogP) is 5.07. The average Bonchev–Trinajstić information content (AvgIpc) is 3.09. The van der Waals surface area contributed by atoms with E-state index in [-0.39, 0.29) is 36.6 Å². The molecule has 0 radical (unpaired) electrons. The quantitative estimate of drug-likeness (QED) is 0.229. The van der Waals surface area contributed by atoms with Crippen LogP contribution in [-0.2, 0) is 19.1 Å². The summed E-state index contributed by atoms with van der Waals surface area (Å²) in [7, 11) is 0. The highest BCUT2D eigenvalue weighted by molar-refractivity contribution is 5.94. The molecule has 4 atom stereocenters. The van der Waals surface area contributed by atoms with Gasteiger partial charge in [0.15, 0.2) is 5.78 Å². The lowest BCUT2D eigenvalue weighted by Gasteiger charge is -2.22. The van der Waals surface area contributed by atoms with E-state index in [1.165, 1.54) is 0 Å². The van der Waals surface area contributed by atoms with E-state index in [1.807, 2.05) is 6.08 Å². The molecule has 0 heterocycles. The van der Waals surface area contributed by atoms with Gasteiger partial charge in [0.1, 0.15) is 0 Å². The highest BCUT2D eigenvalue weighted by atomic mass is 16.5. The Hall–Kier alpha value is -1.69. The molecule has 0 spiro atoms. The average molecular weight is 439 g/mol. The summed E-state index contributed by atoms with van der Waals surface area (Å²) in [5.74, 6) is -0.583. The standard InChI is InChI=1S/C25H42O6/c1-3-4-10-19(2)22(26)14-12-20-13-15-23(27)21(20)11-8-6-5-7-9-18-31-25(30)17-16-24(28)29/h13,15,19-22,26H,3-12,14,16-18H2,1-2H3,(H,28,29)/t19?,20-,21+,22+/m0/s1. The van der Waals surface area contributed by atoms with Crippen molar-refractivity contribution in [2.45, 2.75) is 103 Å². The number of rotatable bonds is 18. The van der Waals surface area contributed by atoms with Gasteiger partial charge in [0.25, 0.3) is 0 Å². The van der Waals surface area contributed by atoms with Gasteiger partial charge in [-0.05, 0) is 50.0 Å². The molecule has 0 bridgehead atoms. The Morgan fingerprint density at radius 1 is 1.03 bits per heavy atom. The van der Waals surface area contributed by atoms with Crippen LogP contribution in [0.2, 0.25) is 0 Å². The van der Waals surface area contributed by atoms with Crippen LogP contribution in [0.15, 0.2) is 12.2 Å². The largest absolute Gasteiger partial charge is 0.481 e. The van der Waals surface area contributed by atoms with Crippen molar-refractivity contribution in [1.82, 2.24) is 0 Å². The molecule has 1 aliphatic rings. The van der Waals surface area contributed by atoms with Gasteiger partial charge in [0.2, 0.25) is 0 Å². The third-order valence-electron chi connectivity index (χ3n) is 6.32. The summed E-state index contributed by atoms with van der Waals surface area (Å²) in [4.78, 5) is 34.0. The number of carbonyl (C=O) groups excluding carboxylic acids is 2. The number of ketones is 1. The number of carboxylic acids is 1. The first-order valence-electron chi connectivity index (χ1n) is 12.1. The number of allylic oxidation sites excluding steroid dienone is 2. The maximum atomic E-state index is 12.2. The van der Waals surface area contributed by atoms with Crippen molar-refractivity contribution in [2.24, 2.45) is 17.8 Å². The van der Waals surface area contributed by atoms with E-state index in [4.69, 9.17) is 9.84 Å². The molecule has 0 aromatic carbocycles. The second-order valence-corrected chi connectivity index (χ2v) is 8.97. The molecule has 178 valence electrons. The fourth-order valence-electron chi connectivity index (χ4n) is 4.17. The first-order valence-corrected chi connectivity index (χ1v) is 12.1. The fourth-order valence-corrected chi connectivity index (χ4v) is 4.17. The highest BCUT2D eigenvalue weighted by Crippen LogP contribution is 2.32. The van der Waals surface area contributed by atoms with Crippen molar-refractivity contribution in [1.29, 1.82) is 0 Å². The molecule has 1 unspecified atom stereocenters. The number of hydrogen-bond donors (Lipinski definition) is 2. The number of aliphatic hydroxyl groups is 1. The SMILES string of the molecule is CCCCC(C)[C@H](O)CC[C@H]1C=CC(=O)[C@@H]1CCCCCCCOC(=O)CCC(=O)O. The van der Waals surface area contributed by atoms with E-state index in [2.05, 4.69) is 13.8 Å². The summed E-state index contributed by atoms with van der Waals surface area (Å²) in [5, 5.41) is 18.9. The molecule has 0 saturated carbocycles. The molecule has 31 heavy (non-hydrogen) atoms. The molecule has 6 heteroatoms. The summed E-state index contributed by atoms with van der Waals surface area (Å²) in [5.41, 5.74) is 0. The highest BCUT2D eigenvalue weighted by Gasteiger charge is 2.30. The van der Waals surface area contributed by atoms with Gasteiger partial charge in [0.05, 0.1) is 25.6 Å². The summed E-state index contributed by atoms with van der Waals surface area (Å²) in [6, 6.07) is 0. The molecular weight excluding hydrogens is 396 g/mol. The predicted molar refractivity (Wildman–Crippen MR) is 121 cm³/mol. The number of unbranched alkanes of at least 4 members (excludes halogenated alkanes) is 5. The fraction of sp³-hybridized carbons (Fsp3) is 0.800. The monoisotopic (exact) mass is 438 g/mol. The molecule has 6 nitrogen and oxygen atoms in total. The van der Waals surface area contributed by atoms with Crippen LogP contribution in [0, 0.1) is 17.8 Å². The van der Waals surface area contributed by atoms with E-state index in [0.29, 0.717) is 12.5 Å². The third-order valence-corrected chi connectivity index (χ3v) is 6.32. The summed E-state index contributed by atoms with van der Waals surface area (Å²) < 4.78 is 5.02. The topological polar surface area (TPSA) is 101 Å². The molecule has 0 fully saturated rings. The van der Waals surface area contributed by atoms with E-state index in [1.54, 1.807) is 6.08 Å². The Bertz CT molecular complexity index is 570. The minimum Gasteiger partial charge on any atom is -0.481 e. The van der Waals surface area contributed by atoms with E-state index < -0.39 is 11.9 Å². The minimum absolute atomic E-state index is 0.0633. The van der Waals surface area contributed by atoms with Gasteiger partial charge in [-0.15, -0.1) is 0 Å². The number of aliphatic carboxylic acids is 1. The molecule has 0 amide bonds. The van der Waals surface area contributed by atoms with Crippen molar-refractivity contribution < 1.29 is 29.3 Å². The van der Waals surface area contributed by atoms with Crippen LogP contribution >= 0.6 is 0 Å². The Morgan fingerprint density at radius 2 is 1.74 bits per heavy atom. The molecular formula is C25H42O6. The van der Waals surface area contributed by atoms with E-state index in [0.717, 1.165) is 70.6 Å². The van der Waals surface area contributed by atoms with Crippen molar-refractivity contribution in [3.63, 3.8) is 0 Å². The number of aliphatic hydroxyl groups excluding tert-OH is 1. The Labute approximate surface area is 187 Å². The zero-order valence-electron chi connectivity index (χ0n) is 19.4. The van der Waals surface area contributed by atoms with Gasteiger partial charge in [0, 0.05) is 5.92 Å². The normalized spacial score (nSPS) is 20.0. The van der Waals surface area contributed by atoms with E-state index in [9.17, 15) is 19.5 Å². The lowest BCUT2D eigenvalue weighted by atomic mass is 9.84. The molecule has 0 aromatic rings. The molecule has 1 rings (SSSR count). The zero-order valence-corrected chi connectivity index (χ0v) is 19.4. The summed E-state index contributed by atoms with van der Waals surface area (Å²) in [6.45, 7) is 4.62. The summed E-state index contributed by atoms with van der Waals surface area (Å²) >= 11 is 0. The Balaban J connectivity index is 2.13. The van der Waals surface area contributed by atoms with E-state index >= 15 is 0 Å². The number of esters is 1. The van der Waals surface area contributed by atoms with Crippen LogP contribution in [-0.4, -0.2) is 40.6 Å². The second kappa shape index (κ2) is 16.0. The van der Waals surface area contributed by atoms with Gasteiger partial charge in [-0.2, -0.15) is 0 Å². The van der Waals surface area contributed by atoms with Crippen LogP contribution < -0.4 is 0 Å². The lowest BCUT2D eigenvalue weighted by molar-refractivity contribution is -0.147. The van der Waals surface area contributed by atoms with Gasteiger partial charge in [-0.1, -0.05) is 58.4 Å².